The van der Waals surface area contributed by atoms with Crippen molar-refractivity contribution in [2.75, 3.05) is 16.2 Å². The predicted octanol–water partition coefficient (Wildman–Crippen LogP) is 7.25. The number of halogens is 1. The second-order valence-electron chi connectivity index (χ2n) is 8.19. The molecule has 0 saturated carbocycles. The Hall–Kier alpha value is -2.68. The van der Waals surface area contributed by atoms with Crippen LogP contribution < -0.4 is 9.62 Å². The minimum Gasteiger partial charge on any atom is -0.321 e. The Morgan fingerprint density at radius 1 is 1.00 bits per heavy atom. The van der Waals surface area contributed by atoms with Crippen LogP contribution in [0.2, 0.25) is 0 Å². The summed E-state index contributed by atoms with van der Waals surface area (Å²) in [4.78, 5) is 13.6. The Kier molecular flexibility index (Phi) is 7.12. The number of nitrogens with zero attached hydrogens (tertiary/aromatic N) is 1. The van der Waals surface area contributed by atoms with E-state index in [1.54, 1.807) is 43.3 Å². The maximum absolute atomic E-state index is 13.2. The Labute approximate surface area is 212 Å². The smallest absolute Gasteiger partial charge is 0.265 e. The Bertz CT molecular complexity index is 1430. The van der Waals surface area contributed by atoms with E-state index < -0.39 is 10.0 Å². The van der Waals surface area contributed by atoms with E-state index in [0.717, 1.165) is 20.2 Å². The average Bonchev–Trinajstić information content (AvgIpc) is 3.24. The molecule has 0 aliphatic heterocycles. The highest BCUT2D eigenvalue weighted by Crippen LogP contribution is 2.32. The van der Waals surface area contributed by atoms with Gasteiger partial charge in [0.05, 0.1) is 15.5 Å². The van der Waals surface area contributed by atoms with Crippen LogP contribution in [0.5, 0.6) is 0 Å². The van der Waals surface area contributed by atoms with Crippen LogP contribution in [0.25, 0.3) is 10.1 Å². The van der Waals surface area contributed by atoms with Gasteiger partial charge in [0.2, 0.25) is 0 Å². The van der Waals surface area contributed by atoms with Crippen LogP contribution in [-0.4, -0.2) is 20.9 Å². The lowest BCUT2D eigenvalue weighted by Crippen LogP contribution is -2.30. The van der Waals surface area contributed by atoms with E-state index in [0.29, 0.717) is 16.5 Å². The zero-order valence-corrected chi connectivity index (χ0v) is 22.3. The van der Waals surface area contributed by atoms with Crippen molar-refractivity contribution >= 4 is 64.7 Å². The predicted molar refractivity (Wildman–Crippen MR) is 145 cm³/mol. The van der Waals surface area contributed by atoms with Gasteiger partial charge in [0.15, 0.2) is 0 Å². The lowest BCUT2D eigenvalue weighted by molar-refractivity contribution is 0.103. The van der Waals surface area contributed by atoms with Crippen molar-refractivity contribution < 1.29 is 13.2 Å². The molecule has 0 aliphatic rings. The lowest BCUT2D eigenvalue weighted by Gasteiger charge is -2.23. The van der Waals surface area contributed by atoms with Crippen LogP contribution in [-0.2, 0) is 10.0 Å². The highest BCUT2D eigenvalue weighted by molar-refractivity contribution is 9.10. The summed E-state index contributed by atoms with van der Waals surface area (Å²) in [7, 11) is -3.71. The number of benzene rings is 3. The zero-order chi connectivity index (χ0) is 24.5. The average molecular weight is 558 g/mol. The van der Waals surface area contributed by atoms with Gasteiger partial charge in [-0.3, -0.25) is 9.10 Å². The summed E-state index contributed by atoms with van der Waals surface area (Å²) < 4.78 is 29.6. The molecule has 0 aliphatic carbocycles. The van der Waals surface area contributed by atoms with Crippen LogP contribution in [0.15, 0.2) is 82.2 Å². The van der Waals surface area contributed by atoms with Gasteiger partial charge in [-0.1, -0.05) is 41.9 Å². The van der Waals surface area contributed by atoms with Crippen LogP contribution in [0.1, 0.15) is 41.9 Å². The fraction of sp³-hybridized carbons (Fsp3) is 0.192. The second kappa shape index (κ2) is 9.90. The summed E-state index contributed by atoms with van der Waals surface area (Å²) >= 11 is 4.72. The van der Waals surface area contributed by atoms with Crippen LogP contribution in [0.3, 0.4) is 0 Å². The van der Waals surface area contributed by atoms with E-state index >= 15 is 0 Å². The molecule has 4 aromatic rings. The standard InChI is InChI=1S/C26H25BrN2O3S2/c1-4-29(34(31,32)23-12-7-20(27)8-13-23)22-11-14-24-19(15-22)16-25(33-24)26(30)28-21-9-5-18(6-10-21)17(2)3/h5-17H,4H2,1-3H3,(H,28,30). The van der Waals surface area contributed by atoms with Crippen molar-refractivity contribution in [1.82, 2.24) is 0 Å². The van der Waals surface area contributed by atoms with E-state index in [-0.39, 0.29) is 17.3 Å². The molecule has 34 heavy (non-hydrogen) atoms. The fourth-order valence-electron chi connectivity index (χ4n) is 3.67. The molecule has 0 unspecified atom stereocenters. The molecule has 1 N–H and O–H groups in total. The van der Waals surface area contributed by atoms with Crippen molar-refractivity contribution in [3.8, 4) is 0 Å². The van der Waals surface area contributed by atoms with Gasteiger partial charge in [-0.05, 0) is 84.5 Å². The van der Waals surface area contributed by atoms with Crippen molar-refractivity contribution in [2.24, 2.45) is 0 Å². The Balaban J connectivity index is 1.59. The van der Waals surface area contributed by atoms with E-state index in [9.17, 15) is 13.2 Å². The van der Waals surface area contributed by atoms with Crippen molar-refractivity contribution in [1.29, 1.82) is 0 Å². The first-order chi connectivity index (χ1) is 16.2. The second-order valence-corrected chi connectivity index (χ2v) is 12.0. The highest BCUT2D eigenvalue weighted by atomic mass is 79.9. The summed E-state index contributed by atoms with van der Waals surface area (Å²) in [6.07, 6.45) is 0. The lowest BCUT2D eigenvalue weighted by atomic mass is 10.0. The molecular formula is C26H25BrN2O3S2. The molecule has 0 spiro atoms. The molecule has 1 heterocycles. The summed E-state index contributed by atoms with van der Waals surface area (Å²) in [5.74, 6) is 0.242. The minimum atomic E-state index is -3.71. The maximum Gasteiger partial charge on any atom is 0.265 e. The van der Waals surface area contributed by atoms with Gasteiger partial charge in [0, 0.05) is 21.4 Å². The zero-order valence-electron chi connectivity index (χ0n) is 19.1. The van der Waals surface area contributed by atoms with Gasteiger partial charge in [-0.25, -0.2) is 8.42 Å². The highest BCUT2D eigenvalue weighted by Gasteiger charge is 2.24. The van der Waals surface area contributed by atoms with E-state index in [1.165, 1.54) is 21.2 Å². The summed E-state index contributed by atoms with van der Waals surface area (Å²) in [5.41, 5.74) is 2.52. The molecule has 0 atom stereocenters. The number of carbonyl (C=O) groups excluding carboxylic acids is 1. The van der Waals surface area contributed by atoms with E-state index in [1.807, 2.05) is 36.4 Å². The van der Waals surface area contributed by atoms with Gasteiger partial charge in [0.25, 0.3) is 15.9 Å². The monoisotopic (exact) mass is 556 g/mol. The van der Waals surface area contributed by atoms with Crippen molar-refractivity contribution in [2.45, 2.75) is 31.6 Å². The molecule has 176 valence electrons. The molecule has 8 heteroatoms. The largest absolute Gasteiger partial charge is 0.321 e. The number of hydrogen-bond acceptors (Lipinski definition) is 4. The minimum absolute atomic E-state index is 0.185. The molecule has 0 bridgehead atoms. The SMILES string of the molecule is CCN(c1ccc2sc(C(=O)Nc3ccc(C(C)C)cc3)cc2c1)S(=O)(=O)c1ccc(Br)cc1. The van der Waals surface area contributed by atoms with Crippen LogP contribution >= 0.6 is 27.3 Å². The van der Waals surface area contributed by atoms with Gasteiger partial charge in [0.1, 0.15) is 0 Å². The first-order valence-electron chi connectivity index (χ1n) is 10.9. The number of hydrogen-bond donors (Lipinski definition) is 1. The third-order valence-corrected chi connectivity index (χ3v) is 9.10. The first kappa shape index (κ1) is 24.4. The normalized spacial score (nSPS) is 11.7. The summed E-state index contributed by atoms with van der Waals surface area (Å²) in [6.45, 7) is 6.34. The number of carbonyl (C=O) groups is 1. The number of rotatable bonds is 7. The van der Waals surface area contributed by atoms with Gasteiger partial charge >= 0.3 is 0 Å². The molecule has 1 aromatic heterocycles. The number of sulfonamides is 1. The third kappa shape index (κ3) is 5.04. The van der Waals surface area contributed by atoms with E-state index in [2.05, 4.69) is 35.1 Å². The molecular weight excluding hydrogens is 532 g/mol. The summed E-state index contributed by atoms with van der Waals surface area (Å²) in [6, 6.07) is 21.7. The van der Waals surface area contributed by atoms with Crippen LogP contribution in [0.4, 0.5) is 11.4 Å². The van der Waals surface area contributed by atoms with E-state index in [4.69, 9.17) is 0 Å². The molecule has 0 saturated heterocycles. The number of fused-ring (bicyclic) bond motifs is 1. The molecule has 1 amide bonds. The Morgan fingerprint density at radius 2 is 1.68 bits per heavy atom. The summed E-state index contributed by atoms with van der Waals surface area (Å²) in [5, 5.41) is 3.77. The number of thiophene rings is 1. The number of nitrogens with one attached hydrogen (secondary N) is 1. The van der Waals surface area contributed by atoms with Crippen LogP contribution in [0, 0.1) is 0 Å². The first-order valence-corrected chi connectivity index (χ1v) is 14.0. The van der Waals surface area contributed by atoms with Gasteiger partial charge in [-0.15, -0.1) is 11.3 Å². The molecule has 5 nitrogen and oxygen atoms in total. The third-order valence-electron chi connectivity index (χ3n) is 5.54. The van der Waals surface area contributed by atoms with Gasteiger partial charge < -0.3 is 5.32 Å². The number of anilines is 2. The van der Waals surface area contributed by atoms with Crippen molar-refractivity contribution in [3.05, 3.63) is 87.7 Å². The Morgan fingerprint density at radius 3 is 2.29 bits per heavy atom. The van der Waals surface area contributed by atoms with Gasteiger partial charge in [-0.2, -0.15) is 0 Å². The fourth-order valence-corrected chi connectivity index (χ4v) is 6.34. The number of amides is 1. The maximum atomic E-state index is 13.2. The quantitative estimate of drug-likeness (QED) is 0.260. The molecule has 3 aromatic carbocycles. The molecule has 0 fully saturated rings. The molecule has 0 radical (unpaired) electrons. The van der Waals surface area contributed by atoms with Crippen molar-refractivity contribution in [3.63, 3.8) is 0 Å². The topological polar surface area (TPSA) is 66.5 Å². The molecule has 4 rings (SSSR count).